The van der Waals surface area contributed by atoms with E-state index in [4.69, 9.17) is 12.2 Å². The van der Waals surface area contributed by atoms with Gasteiger partial charge in [-0.25, -0.2) is 4.98 Å². The fraction of sp³-hybridized carbons (Fsp3) is 0.111. The molecule has 2 aromatic carbocycles. The van der Waals surface area contributed by atoms with Gasteiger partial charge in [0, 0.05) is 19.0 Å². The zero-order valence-corrected chi connectivity index (χ0v) is 16.6. The van der Waals surface area contributed by atoms with Gasteiger partial charge in [0.15, 0.2) is 11.0 Å². The minimum atomic E-state index is -0.446. The summed E-state index contributed by atoms with van der Waals surface area (Å²) in [4.78, 5) is 15.2. The Morgan fingerprint density at radius 3 is 2.90 bits per heavy atom. The number of para-hydroxylation sites is 2. The van der Waals surface area contributed by atoms with Crippen LogP contribution in [0, 0.1) is 14.9 Å². The van der Waals surface area contributed by atoms with Crippen molar-refractivity contribution >= 4 is 50.8 Å². The Balaban J connectivity index is 1.47. The lowest BCUT2D eigenvalue weighted by Crippen LogP contribution is -2.09. The largest absolute Gasteiger partial charge is 0.361 e. The van der Waals surface area contributed by atoms with Crippen LogP contribution < -0.4 is 5.32 Å². The highest BCUT2D eigenvalue weighted by molar-refractivity contribution is 7.71. The van der Waals surface area contributed by atoms with Crippen molar-refractivity contribution in [2.45, 2.75) is 6.42 Å². The van der Waals surface area contributed by atoms with Crippen LogP contribution in [0.5, 0.6) is 0 Å². The summed E-state index contributed by atoms with van der Waals surface area (Å²) in [6.45, 7) is 0.584. The van der Waals surface area contributed by atoms with Gasteiger partial charge in [-0.1, -0.05) is 35.6 Å². The maximum absolute atomic E-state index is 11.1. The second-order valence-corrected chi connectivity index (χ2v) is 7.40. The van der Waals surface area contributed by atoms with Gasteiger partial charge in [0.1, 0.15) is 0 Å². The molecule has 0 amide bonds. The van der Waals surface area contributed by atoms with Gasteiger partial charge in [0.05, 0.1) is 26.9 Å². The number of nitro benzene ring substituents is 1. The summed E-state index contributed by atoms with van der Waals surface area (Å²) in [5, 5.41) is 26.5. The van der Waals surface area contributed by atoms with Crippen LogP contribution in [0.3, 0.4) is 0 Å². The number of hydrogen-bond acceptors (Lipinski definition) is 8. The Labute approximate surface area is 173 Å². The first kappa shape index (κ1) is 18.9. The third-order valence-electron chi connectivity index (χ3n) is 4.08. The average Bonchev–Trinajstić information content (AvgIpc) is 3.29. The molecule has 0 bridgehead atoms. The van der Waals surface area contributed by atoms with E-state index in [0.29, 0.717) is 29.1 Å². The third-order valence-corrected chi connectivity index (χ3v) is 5.34. The molecule has 0 aliphatic rings. The average molecular weight is 425 g/mol. The summed E-state index contributed by atoms with van der Waals surface area (Å²) in [7, 11) is 0. The molecule has 0 saturated carbocycles. The van der Waals surface area contributed by atoms with Gasteiger partial charge in [-0.15, -0.1) is 0 Å². The first-order valence-electron chi connectivity index (χ1n) is 8.65. The lowest BCUT2D eigenvalue weighted by atomic mass is 10.2. The van der Waals surface area contributed by atoms with Crippen molar-refractivity contribution in [1.82, 2.24) is 19.9 Å². The first-order valence-corrected chi connectivity index (χ1v) is 9.88. The van der Waals surface area contributed by atoms with E-state index in [1.165, 1.54) is 17.0 Å². The van der Waals surface area contributed by atoms with Gasteiger partial charge in [-0.2, -0.15) is 14.9 Å². The number of nitrogens with one attached hydrogen (secondary N) is 2. The van der Waals surface area contributed by atoms with Crippen molar-refractivity contribution < 1.29 is 4.92 Å². The van der Waals surface area contributed by atoms with Gasteiger partial charge in [-0.05, 0) is 30.4 Å². The number of fused-ring (bicyclic) bond motifs is 1. The molecule has 0 saturated heterocycles. The Morgan fingerprint density at radius 2 is 2.07 bits per heavy atom. The molecule has 4 aromatic rings. The van der Waals surface area contributed by atoms with Crippen LogP contribution in [-0.2, 0) is 6.42 Å². The Morgan fingerprint density at radius 1 is 1.28 bits per heavy atom. The SMILES string of the molecule is O=[N+]([O-])c1ccccc1/C=N/n1c(CCNc2nc3ccccc3s2)n[nH]c1=S. The van der Waals surface area contributed by atoms with Gasteiger partial charge in [0.25, 0.3) is 5.69 Å². The van der Waals surface area contributed by atoms with E-state index in [0.717, 1.165) is 15.3 Å². The topological polar surface area (TPSA) is 114 Å². The smallest absolute Gasteiger partial charge is 0.278 e. The van der Waals surface area contributed by atoms with E-state index in [-0.39, 0.29) is 5.69 Å². The van der Waals surface area contributed by atoms with E-state index in [1.807, 2.05) is 24.3 Å². The zero-order valence-electron chi connectivity index (χ0n) is 15.0. The van der Waals surface area contributed by atoms with E-state index in [1.54, 1.807) is 29.5 Å². The van der Waals surface area contributed by atoms with E-state index < -0.39 is 4.92 Å². The van der Waals surface area contributed by atoms with Crippen molar-refractivity contribution in [2.75, 3.05) is 11.9 Å². The van der Waals surface area contributed by atoms with Crippen LogP contribution in [0.25, 0.3) is 10.2 Å². The van der Waals surface area contributed by atoms with Crippen LogP contribution in [-0.4, -0.2) is 37.5 Å². The van der Waals surface area contributed by atoms with Crippen LogP contribution >= 0.6 is 23.6 Å². The van der Waals surface area contributed by atoms with Crippen molar-refractivity contribution in [3.63, 3.8) is 0 Å². The molecule has 0 atom stereocenters. The molecule has 0 fully saturated rings. The first-order chi connectivity index (χ1) is 14.1. The van der Waals surface area contributed by atoms with Gasteiger partial charge in [0.2, 0.25) is 4.77 Å². The van der Waals surface area contributed by atoms with Crippen molar-refractivity contribution in [3.05, 3.63) is 74.8 Å². The van der Waals surface area contributed by atoms with Crippen molar-refractivity contribution in [2.24, 2.45) is 5.10 Å². The molecule has 0 aliphatic heterocycles. The normalized spacial score (nSPS) is 11.3. The monoisotopic (exact) mass is 425 g/mol. The van der Waals surface area contributed by atoms with E-state index in [9.17, 15) is 10.1 Å². The standard InChI is InChI=1S/C18H15N7O2S2/c26-25(27)14-7-3-1-5-12(14)11-20-24-16(22-23-18(24)28)9-10-19-17-21-13-6-2-4-8-15(13)29-17/h1-8,11H,9-10H2,(H,19,21)(H,23,28)/b20-11+. The lowest BCUT2D eigenvalue weighted by molar-refractivity contribution is -0.385. The molecule has 9 nitrogen and oxygen atoms in total. The molecule has 0 unspecified atom stereocenters. The maximum Gasteiger partial charge on any atom is 0.278 e. The third kappa shape index (κ3) is 4.20. The highest BCUT2D eigenvalue weighted by Crippen LogP contribution is 2.25. The van der Waals surface area contributed by atoms with Crippen LogP contribution in [0.4, 0.5) is 10.8 Å². The molecule has 29 heavy (non-hydrogen) atoms. The van der Waals surface area contributed by atoms with E-state index >= 15 is 0 Å². The number of benzene rings is 2. The molecular weight excluding hydrogens is 410 g/mol. The fourth-order valence-electron chi connectivity index (χ4n) is 2.72. The second-order valence-electron chi connectivity index (χ2n) is 5.98. The van der Waals surface area contributed by atoms with Crippen LogP contribution in [0.2, 0.25) is 0 Å². The summed E-state index contributed by atoms with van der Waals surface area (Å²) < 4.78 is 2.90. The summed E-state index contributed by atoms with van der Waals surface area (Å²) in [6.07, 6.45) is 1.95. The van der Waals surface area contributed by atoms with Crippen LogP contribution in [0.15, 0.2) is 53.6 Å². The van der Waals surface area contributed by atoms with Gasteiger partial charge >= 0.3 is 0 Å². The molecule has 2 aromatic heterocycles. The number of H-pyrrole nitrogens is 1. The number of anilines is 1. The molecule has 0 aliphatic carbocycles. The Bertz CT molecular complexity index is 1230. The molecule has 146 valence electrons. The second kappa shape index (κ2) is 8.29. The number of aromatic nitrogens is 4. The summed E-state index contributed by atoms with van der Waals surface area (Å²) in [6, 6.07) is 14.3. The number of nitrogens with zero attached hydrogens (tertiary/aromatic N) is 5. The predicted octanol–water partition coefficient (Wildman–Crippen LogP) is 4.00. The van der Waals surface area contributed by atoms with Gasteiger partial charge in [-0.3, -0.25) is 15.2 Å². The number of thiazole rings is 1. The Hall–Kier alpha value is -3.44. The lowest BCUT2D eigenvalue weighted by Gasteiger charge is -2.02. The van der Waals surface area contributed by atoms with Crippen molar-refractivity contribution in [1.29, 1.82) is 0 Å². The molecule has 11 heteroatoms. The number of nitro groups is 1. The molecule has 4 rings (SSSR count). The van der Waals surface area contributed by atoms with Crippen molar-refractivity contribution in [3.8, 4) is 0 Å². The number of hydrogen-bond donors (Lipinski definition) is 2. The predicted molar refractivity (Wildman–Crippen MR) is 115 cm³/mol. The molecule has 2 heterocycles. The quantitative estimate of drug-likeness (QED) is 0.200. The maximum atomic E-state index is 11.1. The van der Waals surface area contributed by atoms with E-state index in [2.05, 4.69) is 25.6 Å². The highest BCUT2D eigenvalue weighted by atomic mass is 32.1. The molecule has 0 spiro atoms. The number of aromatic amines is 1. The van der Waals surface area contributed by atoms with Gasteiger partial charge < -0.3 is 5.32 Å². The minimum Gasteiger partial charge on any atom is -0.361 e. The summed E-state index contributed by atoms with van der Waals surface area (Å²) in [5.41, 5.74) is 1.32. The Kier molecular flexibility index (Phi) is 5.40. The minimum absolute atomic E-state index is 0.0229. The summed E-state index contributed by atoms with van der Waals surface area (Å²) >= 11 is 6.81. The number of rotatable bonds is 7. The fourth-order valence-corrected chi connectivity index (χ4v) is 3.81. The summed E-state index contributed by atoms with van der Waals surface area (Å²) in [5.74, 6) is 0.610. The molecule has 0 radical (unpaired) electrons. The molecular formula is C18H15N7O2S2. The van der Waals surface area contributed by atoms with Crippen LogP contribution in [0.1, 0.15) is 11.4 Å². The molecule has 2 N–H and O–H groups in total. The zero-order chi connectivity index (χ0) is 20.2. The highest BCUT2D eigenvalue weighted by Gasteiger charge is 2.11.